The van der Waals surface area contributed by atoms with Crippen LogP contribution in [0.1, 0.15) is 43.2 Å². The van der Waals surface area contributed by atoms with Gasteiger partial charge in [0.1, 0.15) is 17.3 Å². The lowest BCUT2D eigenvalue weighted by molar-refractivity contribution is 0.101. The highest BCUT2D eigenvalue weighted by Crippen LogP contribution is 2.31. The zero-order chi connectivity index (χ0) is 24.8. The molecular weight excluding hydrogens is 452 g/mol. The Morgan fingerprint density at radius 1 is 0.944 bits per heavy atom. The molecule has 0 aliphatic carbocycles. The van der Waals surface area contributed by atoms with E-state index in [1.165, 1.54) is 0 Å². The van der Waals surface area contributed by atoms with Gasteiger partial charge in [-0.25, -0.2) is 4.98 Å². The highest BCUT2D eigenvalue weighted by molar-refractivity contribution is 6.10. The molecule has 3 N–H and O–H groups in total. The molecule has 1 amide bonds. The van der Waals surface area contributed by atoms with Crippen LogP contribution in [-0.4, -0.2) is 33.2 Å². The SMILES string of the molecule is Cc1[nH]c(C(=O)Nc2ccc3c(c2)CCO3)c(C)c1-c1nc2cc(C(=O)c3ccccc3)ccc2[nH]1. The monoisotopic (exact) mass is 476 g/mol. The van der Waals surface area contributed by atoms with Gasteiger partial charge in [0.25, 0.3) is 5.91 Å². The number of ketones is 1. The van der Waals surface area contributed by atoms with E-state index < -0.39 is 0 Å². The van der Waals surface area contributed by atoms with E-state index >= 15 is 0 Å². The van der Waals surface area contributed by atoms with Crippen molar-refractivity contribution in [3.8, 4) is 17.1 Å². The van der Waals surface area contributed by atoms with Crippen LogP contribution in [0.3, 0.4) is 0 Å². The summed E-state index contributed by atoms with van der Waals surface area (Å²) in [5.41, 5.74) is 7.52. The summed E-state index contributed by atoms with van der Waals surface area (Å²) >= 11 is 0. The number of aromatic nitrogens is 3. The van der Waals surface area contributed by atoms with Gasteiger partial charge in [0.2, 0.25) is 0 Å². The normalized spacial score (nSPS) is 12.4. The first-order chi connectivity index (χ1) is 17.5. The van der Waals surface area contributed by atoms with Gasteiger partial charge in [-0.3, -0.25) is 9.59 Å². The summed E-state index contributed by atoms with van der Waals surface area (Å²) < 4.78 is 5.55. The molecule has 178 valence electrons. The van der Waals surface area contributed by atoms with Crippen molar-refractivity contribution in [2.75, 3.05) is 11.9 Å². The van der Waals surface area contributed by atoms with Crippen molar-refractivity contribution in [1.82, 2.24) is 15.0 Å². The number of nitrogens with zero attached hydrogens (tertiary/aromatic N) is 1. The van der Waals surface area contributed by atoms with Crippen LogP contribution in [0.5, 0.6) is 5.75 Å². The highest BCUT2D eigenvalue weighted by Gasteiger charge is 2.22. The molecule has 0 saturated carbocycles. The number of carbonyl (C=O) groups is 2. The first-order valence-corrected chi connectivity index (χ1v) is 11.8. The van der Waals surface area contributed by atoms with Gasteiger partial charge in [0, 0.05) is 34.5 Å². The van der Waals surface area contributed by atoms with E-state index in [1.807, 2.05) is 56.3 Å². The molecule has 2 aromatic heterocycles. The minimum absolute atomic E-state index is 0.0480. The van der Waals surface area contributed by atoms with Crippen molar-refractivity contribution < 1.29 is 14.3 Å². The van der Waals surface area contributed by atoms with E-state index in [-0.39, 0.29) is 11.7 Å². The molecule has 3 aromatic carbocycles. The fraction of sp³-hybridized carbons (Fsp3) is 0.138. The maximum absolute atomic E-state index is 13.1. The second-order valence-electron chi connectivity index (χ2n) is 9.01. The Hall–Kier alpha value is -4.65. The average molecular weight is 477 g/mol. The summed E-state index contributed by atoms with van der Waals surface area (Å²) in [4.78, 5) is 37.3. The number of hydrogen-bond donors (Lipinski definition) is 3. The van der Waals surface area contributed by atoms with Crippen molar-refractivity contribution in [1.29, 1.82) is 0 Å². The van der Waals surface area contributed by atoms with Crippen LogP contribution >= 0.6 is 0 Å². The number of rotatable bonds is 5. The van der Waals surface area contributed by atoms with Crippen LogP contribution in [0.25, 0.3) is 22.4 Å². The van der Waals surface area contributed by atoms with Gasteiger partial charge in [0.15, 0.2) is 5.78 Å². The lowest BCUT2D eigenvalue weighted by atomic mass is 10.0. The van der Waals surface area contributed by atoms with Crippen molar-refractivity contribution in [3.05, 3.63) is 100 Å². The maximum Gasteiger partial charge on any atom is 0.272 e. The Labute approximate surface area is 207 Å². The topological polar surface area (TPSA) is 99.9 Å². The Balaban J connectivity index is 1.30. The number of H-pyrrole nitrogens is 2. The molecule has 1 aliphatic heterocycles. The van der Waals surface area contributed by atoms with Crippen LogP contribution < -0.4 is 10.1 Å². The molecule has 0 bridgehead atoms. The number of fused-ring (bicyclic) bond motifs is 2. The number of benzene rings is 3. The minimum atomic E-state index is -0.215. The number of anilines is 1. The first-order valence-electron chi connectivity index (χ1n) is 11.8. The predicted octanol–water partition coefficient (Wildman–Crippen LogP) is 5.59. The molecule has 0 spiro atoms. The number of aryl methyl sites for hydroxylation is 1. The van der Waals surface area contributed by atoms with Crippen molar-refractivity contribution in [3.63, 3.8) is 0 Å². The van der Waals surface area contributed by atoms with Crippen LogP contribution in [0, 0.1) is 13.8 Å². The van der Waals surface area contributed by atoms with E-state index in [0.29, 0.717) is 34.8 Å². The fourth-order valence-electron chi connectivity index (χ4n) is 4.81. The fourth-order valence-corrected chi connectivity index (χ4v) is 4.81. The molecule has 0 fully saturated rings. The summed E-state index contributed by atoms with van der Waals surface area (Å²) in [5, 5.41) is 2.99. The molecule has 7 nitrogen and oxygen atoms in total. The Morgan fingerprint density at radius 3 is 2.61 bits per heavy atom. The van der Waals surface area contributed by atoms with Gasteiger partial charge in [-0.15, -0.1) is 0 Å². The molecule has 6 rings (SSSR count). The average Bonchev–Trinajstić information content (AvgIpc) is 3.60. The van der Waals surface area contributed by atoms with Crippen molar-refractivity contribution in [2.24, 2.45) is 0 Å². The number of nitrogens with one attached hydrogen (secondary N) is 3. The largest absolute Gasteiger partial charge is 0.493 e. The van der Waals surface area contributed by atoms with Crippen LogP contribution in [-0.2, 0) is 6.42 Å². The van der Waals surface area contributed by atoms with Crippen molar-refractivity contribution >= 4 is 28.4 Å². The molecular formula is C29H24N4O3. The molecule has 5 aromatic rings. The van der Waals surface area contributed by atoms with Gasteiger partial charge in [-0.05, 0) is 61.4 Å². The molecule has 0 atom stereocenters. The van der Waals surface area contributed by atoms with Gasteiger partial charge < -0.3 is 20.0 Å². The third-order valence-electron chi connectivity index (χ3n) is 6.63. The second-order valence-corrected chi connectivity index (χ2v) is 9.01. The van der Waals surface area contributed by atoms with Gasteiger partial charge in [-0.1, -0.05) is 30.3 Å². The quantitative estimate of drug-likeness (QED) is 0.288. The standard InChI is InChI=1S/C29H24N4O3/c1-16-25(17(2)30-26(16)29(35)31-21-9-11-24-19(14-21)12-13-36-24)28-32-22-10-8-20(15-23(22)33-28)27(34)18-6-4-3-5-7-18/h3-11,14-15,30H,12-13H2,1-2H3,(H,31,35)(H,32,33). The Morgan fingerprint density at radius 2 is 1.78 bits per heavy atom. The van der Waals surface area contributed by atoms with Crippen LogP contribution in [0.4, 0.5) is 5.69 Å². The van der Waals surface area contributed by atoms with E-state index in [2.05, 4.69) is 15.3 Å². The number of amides is 1. The Bertz CT molecular complexity index is 1650. The molecule has 36 heavy (non-hydrogen) atoms. The van der Waals surface area contributed by atoms with Crippen molar-refractivity contribution in [2.45, 2.75) is 20.3 Å². The third-order valence-corrected chi connectivity index (χ3v) is 6.63. The summed E-state index contributed by atoms with van der Waals surface area (Å²) in [6.45, 7) is 4.50. The number of imidazole rings is 1. The van der Waals surface area contributed by atoms with Gasteiger partial charge >= 0.3 is 0 Å². The van der Waals surface area contributed by atoms with Gasteiger partial charge in [-0.2, -0.15) is 0 Å². The minimum Gasteiger partial charge on any atom is -0.493 e. The van der Waals surface area contributed by atoms with Crippen LogP contribution in [0.15, 0.2) is 66.7 Å². The number of carbonyl (C=O) groups excluding carboxylic acids is 2. The van der Waals surface area contributed by atoms with E-state index in [1.54, 1.807) is 24.3 Å². The molecule has 1 aliphatic rings. The summed E-state index contributed by atoms with van der Waals surface area (Å²) in [6, 6.07) is 20.4. The van der Waals surface area contributed by atoms with Gasteiger partial charge in [0.05, 0.1) is 17.6 Å². The van der Waals surface area contributed by atoms with E-state index in [4.69, 9.17) is 9.72 Å². The molecule has 7 heteroatoms. The first kappa shape index (κ1) is 21.9. The zero-order valence-electron chi connectivity index (χ0n) is 19.9. The zero-order valence-corrected chi connectivity index (χ0v) is 19.9. The second kappa shape index (κ2) is 8.53. The highest BCUT2D eigenvalue weighted by atomic mass is 16.5. The summed E-state index contributed by atoms with van der Waals surface area (Å²) in [5.74, 6) is 1.26. The number of hydrogen-bond acceptors (Lipinski definition) is 4. The summed E-state index contributed by atoms with van der Waals surface area (Å²) in [7, 11) is 0. The molecule has 0 saturated heterocycles. The maximum atomic E-state index is 13.1. The summed E-state index contributed by atoms with van der Waals surface area (Å²) in [6.07, 6.45) is 0.842. The van der Waals surface area contributed by atoms with E-state index in [0.717, 1.165) is 45.8 Å². The Kier molecular flexibility index (Phi) is 5.18. The lowest BCUT2D eigenvalue weighted by Crippen LogP contribution is -2.13. The lowest BCUT2D eigenvalue weighted by Gasteiger charge is -2.07. The molecule has 3 heterocycles. The number of ether oxygens (including phenoxy) is 1. The molecule has 0 radical (unpaired) electrons. The van der Waals surface area contributed by atoms with Crippen LogP contribution in [0.2, 0.25) is 0 Å². The smallest absolute Gasteiger partial charge is 0.272 e. The third kappa shape index (κ3) is 3.75. The predicted molar refractivity (Wildman–Crippen MR) is 139 cm³/mol. The number of aromatic amines is 2. The molecule has 0 unspecified atom stereocenters. The van der Waals surface area contributed by atoms with E-state index in [9.17, 15) is 9.59 Å².